The van der Waals surface area contributed by atoms with Crippen LogP contribution in [0.1, 0.15) is 26.2 Å². The number of nitrogens with two attached hydrogens (primary N) is 1. The molecule has 0 aromatic rings. The molecule has 1 fully saturated rings. The Morgan fingerprint density at radius 2 is 2.09 bits per heavy atom. The Balaban J connectivity index is 2.64. The highest BCUT2D eigenvalue weighted by molar-refractivity contribution is 7.87. The van der Waals surface area contributed by atoms with Gasteiger partial charge < -0.3 is 0 Å². The van der Waals surface area contributed by atoms with Crippen molar-refractivity contribution in [3.63, 3.8) is 0 Å². The van der Waals surface area contributed by atoms with Crippen LogP contribution >= 0.6 is 0 Å². The zero-order valence-electron chi connectivity index (χ0n) is 6.49. The molecule has 0 aliphatic heterocycles. The molecule has 1 aliphatic rings. The van der Waals surface area contributed by atoms with Gasteiger partial charge in [0.05, 0.1) is 5.25 Å². The van der Waals surface area contributed by atoms with Gasteiger partial charge in [-0.1, -0.05) is 6.92 Å². The number of hydrogen-bond acceptors (Lipinski definition) is 4. The summed E-state index contributed by atoms with van der Waals surface area (Å²) in [6, 6.07) is 0. The molecule has 2 unspecified atom stereocenters. The van der Waals surface area contributed by atoms with E-state index in [1.54, 1.807) is 0 Å². The van der Waals surface area contributed by atoms with Crippen LogP contribution in [0.25, 0.3) is 0 Å². The van der Waals surface area contributed by atoms with E-state index in [2.05, 4.69) is 10.2 Å². The van der Waals surface area contributed by atoms with Gasteiger partial charge in [0.1, 0.15) is 0 Å². The van der Waals surface area contributed by atoms with Crippen LogP contribution in [0.5, 0.6) is 0 Å². The Morgan fingerprint density at radius 3 is 2.45 bits per heavy atom. The van der Waals surface area contributed by atoms with Gasteiger partial charge in [-0.05, 0) is 25.2 Å². The summed E-state index contributed by atoms with van der Waals surface area (Å²) in [5.41, 5.74) is 0. The van der Waals surface area contributed by atoms with Crippen molar-refractivity contribution in [1.82, 2.24) is 0 Å². The summed E-state index contributed by atoms with van der Waals surface area (Å²) in [4.78, 5) is 0. The van der Waals surface area contributed by atoms with E-state index in [1.807, 2.05) is 6.92 Å². The molecule has 2 atom stereocenters. The maximum atomic E-state index is 11.0. The Hall–Kier alpha value is -0.130. The minimum Gasteiger partial charge on any atom is -0.198 e. The Labute approximate surface area is 66.8 Å². The first-order valence-electron chi connectivity index (χ1n) is 3.68. The molecule has 0 heterocycles. The van der Waals surface area contributed by atoms with E-state index in [4.69, 9.17) is 0 Å². The lowest BCUT2D eigenvalue weighted by Gasteiger charge is -2.06. The highest BCUT2D eigenvalue weighted by atomic mass is 32.2. The second-order valence-electron chi connectivity index (χ2n) is 3.13. The van der Waals surface area contributed by atoms with Crippen molar-refractivity contribution in [1.29, 1.82) is 0 Å². The van der Waals surface area contributed by atoms with Crippen molar-refractivity contribution < 1.29 is 12.7 Å². The van der Waals surface area contributed by atoms with Gasteiger partial charge in [-0.15, -0.1) is 0 Å². The average Bonchev–Trinajstić information content (AvgIpc) is 2.36. The summed E-state index contributed by atoms with van der Waals surface area (Å²) in [6.07, 6.45) is 2.31. The molecule has 11 heavy (non-hydrogen) atoms. The summed E-state index contributed by atoms with van der Waals surface area (Å²) in [5.74, 6) is 5.12. The Morgan fingerprint density at radius 1 is 1.45 bits per heavy atom. The predicted molar refractivity (Wildman–Crippen MR) is 41.0 cm³/mol. The van der Waals surface area contributed by atoms with E-state index >= 15 is 0 Å². The standard InChI is InChI=1S/C6H13NO3S/c1-5-2-3-6(4-5)11(8,9)10-7/h5-6H,2-4,7H2,1H3. The lowest BCUT2D eigenvalue weighted by Crippen LogP contribution is -2.23. The van der Waals surface area contributed by atoms with Crippen molar-refractivity contribution in [3.05, 3.63) is 0 Å². The van der Waals surface area contributed by atoms with Crippen LogP contribution in [0, 0.1) is 5.92 Å². The molecular formula is C6H13NO3S. The fourth-order valence-electron chi connectivity index (χ4n) is 1.50. The van der Waals surface area contributed by atoms with Crippen molar-refractivity contribution in [3.8, 4) is 0 Å². The van der Waals surface area contributed by atoms with Crippen LogP contribution in [0.15, 0.2) is 0 Å². The summed E-state index contributed by atoms with van der Waals surface area (Å²) >= 11 is 0. The maximum absolute atomic E-state index is 11.0. The maximum Gasteiger partial charge on any atom is 0.285 e. The molecule has 66 valence electrons. The molecule has 1 aliphatic carbocycles. The molecule has 4 nitrogen and oxygen atoms in total. The van der Waals surface area contributed by atoms with Gasteiger partial charge in [0.2, 0.25) is 0 Å². The topological polar surface area (TPSA) is 69.4 Å². The van der Waals surface area contributed by atoms with Gasteiger partial charge in [-0.2, -0.15) is 18.6 Å². The van der Waals surface area contributed by atoms with Gasteiger partial charge in [0.25, 0.3) is 10.1 Å². The van der Waals surface area contributed by atoms with Gasteiger partial charge in [0, 0.05) is 0 Å². The normalized spacial score (nSPS) is 32.5. The average molecular weight is 179 g/mol. The Bertz CT molecular complexity index is 224. The molecule has 0 radical (unpaired) electrons. The molecule has 0 aromatic heterocycles. The third-order valence-electron chi connectivity index (χ3n) is 2.19. The number of hydrogen-bond donors (Lipinski definition) is 1. The fourth-order valence-corrected chi connectivity index (χ4v) is 2.64. The third kappa shape index (κ3) is 1.91. The largest absolute Gasteiger partial charge is 0.285 e. The molecule has 0 spiro atoms. The first-order chi connectivity index (χ1) is 5.06. The van der Waals surface area contributed by atoms with Crippen molar-refractivity contribution >= 4 is 10.1 Å². The fraction of sp³-hybridized carbons (Fsp3) is 1.00. The Kier molecular flexibility index (Phi) is 2.51. The van der Waals surface area contributed by atoms with Crippen LogP contribution < -0.4 is 5.90 Å². The molecular weight excluding hydrogens is 166 g/mol. The first kappa shape index (κ1) is 8.96. The molecule has 2 N–H and O–H groups in total. The van der Waals surface area contributed by atoms with E-state index < -0.39 is 10.1 Å². The molecule has 0 saturated heterocycles. The van der Waals surface area contributed by atoms with Gasteiger partial charge in [-0.25, -0.2) is 0 Å². The molecule has 5 heteroatoms. The van der Waals surface area contributed by atoms with E-state index in [-0.39, 0.29) is 5.25 Å². The van der Waals surface area contributed by atoms with Crippen LogP contribution in [0.2, 0.25) is 0 Å². The predicted octanol–water partition coefficient (Wildman–Crippen LogP) is 0.395. The quantitative estimate of drug-likeness (QED) is 0.623. The minimum atomic E-state index is -3.45. The van der Waals surface area contributed by atoms with Gasteiger partial charge in [0.15, 0.2) is 0 Å². The molecule has 1 rings (SSSR count). The third-order valence-corrected chi connectivity index (χ3v) is 3.70. The second-order valence-corrected chi connectivity index (χ2v) is 4.97. The lowest BCUT2D eigenvalue weighted by molar-refractivity contribution is 0.324. The van der Waals surface area contributed by atoms with Gasteiger partial charge in [-0.3, -0.25) is 0 Å². The van der Waals surface area contributed by atoms with E-state index in [1.165, 1.54) is 0 Å². The summed E-state index contributed by atoms with van der Waals surface area (Å²) < 4.78 is 25.9. The zero-order valence-corrected chi connectivity index (χ0v) is 7.30. The smallest absolute Gasteiger partial charge is 0.198 e. The minimum absolute atomic E-state index is 0.373. The highest BCUT2D eigenvalue weighted by Crippen LogP contribution is 2.29. The zero-order chi connectivity index (χ0) is 8.48. The molecule has 0 aromatic carbocycles. The van der Waals surface area contributed by atoms with Crippen molar-refractivity contribution in [2.75, 3.05) is 0 Å². The molecule has 0 bridgehead atoms. The number of rotatable bonds is 2. The molecule has 0 amide bonds. The lowest BCUT2D eigenvalue weighted by atomic mass is 10.1. The van der Waals surface area contributed by atoms with Crippen LogP contribution in [0.4, 0.5) is 0 Å². The summed E-state index contributed by atoms with van der Waals surface area (Å²) in [5, 5.41) is -0.373. The van der Waals surface area contributed by atoms with E-state index in [9.17, 15) is 8.42 Å². The van der Waals surface area contributed by atoms with Crippen molar-refractivity contribution in [2.45, 2.75) is 31.4 Å². The van der Waals surface area contributed by atoms with Crippen molar-refractivity contribution in [2.24, 2.45) is 11.8 Å². The van der Waals surface area contributed by atoms with Crippen LogP contribution in [-0.4, -0.2) is 13.7 Å². The molecule has 1 saturated carbocycles. The summed E-state index contributed by atoms with van der Waals surface area (Å²) in [7, 11) is -3.45. The van der Waals surface area contributed by atoms with E-state index in [0.29, 0.717) is 18.8 Å². The monoisotopic (exact) mass is 179 g/mol. The van der Waals surface area contributed by atoms with Gasteiger partial charge >= 0.3 is 0 Å². The van der Waals surface area contributed by atoms with E-state index in [0.717, 1.165) is 6.42 Å². The van der Waals surface area contributed by atoms with Crippen LogP contribution in [-0.2, 0) is 14.4 Å². The van der Waals surface area contributed by atoms with Crippen LogP contribution in [0.3, 0.4) is 0 Å². The SMILES string of the molecule is CC1CCC(S(=O)(=O)ON)C1. The first-order valence-corrected chi connectivity index (χ1v) is 5.15. The summed E-state index contributed by atoms with van der Waals surface area (Å²) in [6.45, 7) is 2.03. The second kappa shape index (κ2) is 3.08. The highest BCUT2D eigenvalue weighted by Gasteiger charge is 2.32.